The minimum atomic E-state index is -0.524. The maximum Gasteiger partial charge on any atom is 0.209 e. The number of methoxy groups -OCH3 is 1. The van der Waals surface area contributed by atoms with Gasteiger partial charge in [0.2, 0.25) is 5.16 Å². The molecule has 1 N–H and O–H groups in total. The van der Waals surface area contributed by atoms with Crippen LogP contribution in [0, 0.1) is 17.1 Å². The van der Waals surface area contributed by atoms with E-state index < -0.39 is 5.82 Å². The molecule has 0 unspecified atom stereocenters. The third-order valence-corrected chi connectivity index (χ3v) is 4.55. The van der Waals surface area contributed by atoms with E-state index in [1.165, 1.54) is 23.9 Å². The molecule has 3 rings (SSSR count). The van der Waals surface area contributed by atoms with E-state index in [0.29, 0.717) is 33.1 Å². The van der Waals surface area contributed by atoms with Gasteiger partial charge in [0.1, 0.15) is 17.6 Å². The average Bonchev–Trinajstić information content (AvgIpc) is 3.10. The van der Waals surface area contributed by atoms with Crippen molar-refractivity contribution in [3.05, 3.63) is 58.4 Å². The highest BCUT2D eigenvalue weighted by atomic mass is 35.5. The van der Waals surface area contributed by atoms with Gasteiger partial charge in [-0.1, -0.05) is 29.4 Å². The molecular weight excluding hydrogens is 363 g/mol. The molecule has 0 amide bonds. The first-order chi connectivity index (χ1) is 12.1. The maximum absolute atomic E-state index is 13.3. The summed E-state index contributed by atoms with van der Waals surface area (Å²) < 4.78 is 18.7. The first-order valence-electron chi connectivity index (χ1n) is 7.18. The first kappa shape index (κ1) is 17.3. The normalized spacial score (nSPS) is 10.5. The van der Waals surface area contributed by atoms with E-state index in [1.54, 1.807) is 31.4 Å². The van der Waals surface area contributed by atoms with Gasteiger partial charge in [-0.05, 0) is 35.9 Å². The molecule has 0 radical (unpaired) electrons. The van der Waals surface area contributed by atoms with E-state index in [1.807, 2.05) is 6.07 Å². The zero-order valence-electron chi connectivity index (χ0n) is 13.1. The predicted molar refractivity (Wildman–Crippen MR) is 94.1 cm³/mol. The molecule has 0 bridgehead atoms. The minimum absolute atomic E-state index is 0.0254. The number of aromatic amines is 1. The van der Waals surface area contributed by atoms with Crippen LogP contribution in [0.25, 0.3) is 11.4 Å². The van der Waals surface area contributed by atoms with Gasteiger partial charge >= 0.3 is 0 Å². The van der Waals surface area contributed by atoms with Gasteiger partial charge in [-0.2, -0.15) is 5.26 Å². The summed E-state index contributed by atoms with van der Waals surface area (Å²) in [4.78, 5) is 4.42. The summed E-state index contributed by atoms with van der Waals surface area (Å²) in [5.41, 5.74) is 1.55. The predicted octanol–water partition coefficient (Wildman–Crippen LogP) is 4.44. The number of hydrogen-bond acceptors (Lipinski definition) is 5. The lowest BCUT2D eigenvalue weighted by Gasteiger charge is -2.05. The van der Waals surface area contributed by atoms with Gasteiger partial charge in [-0.3, -0.25) is 5.10 Å². The Morgan fingerprint density at radius 3 is 2.92 bits per heavy atom. The van der Waals surface area contributed by atoms with Crippen molar-refractivity contribution >= 4 is 23.4 Å². The Labute approximate surface area is 152 Å². The number of H-pyrrole nitrogens is 1. The van der Waals surface area contributed by atoms with Gasteiger partial charge in [0, 0.05) is 10.8 Å². The summed E-state index contributed by atoms with van der Waals surface area (Å²) in [6, 6.07) is 11.5. The molecule has 1 heterocycles. The third kappa shape index (κ3) is 3.92. The Morgan fingerprint density at radius 1 is 1.32 bits per heavy atom. The van der Waals surface area contributed by atoms with Crippen LogP contribution in [-0.2, 0) is 5.75 Å². The summed E-state index contributed by atoms with van der Waals surface area (Å²) in [5, 5.41) is 17.0. The Balaban J connectivity index is 1.77. The van der Waals surface area contributed by atoms with Crippen LogP contribution in [0.5, 0.6) is 5.75 Å². The fraction of sp³-hybridized carbons (Fsp3) is 0.118. The number of aromatic nitrogens is 3. The number of benzene rings is 2. The van der Waals surface area contributed by atoms with Crippen molar-refractivity contribution in [2.24, 2.45) is 0 Å². The van der Waals surface area contributed by atoms with Crippen LogP contribution in [-0.4, -0.2) is 22.3 Å². The minimum Gasteiger partial charge on any atom is -0.496 e. The number of thioether (sulfide) groups is 1. The molecule has 0 saturated heterocycles. The van der Waals surface area contributed by atoms with Crippen LogP contribution in [0.2, 0.25) is 5.02 Å². The Kier molecular flexibility index (Phi) is 5.22. The molecule has 0 spiro atoms. The summed E-state index contributed by atoms with van der Waals surface area (Å²) in [6.07, 6.45) is 0. The summed E-state index contributed by atoms with van der Waals surface area (Å²) >= 11 is 7.41. The molecule has 3 aromatic rings. The molecular formula is C17H12ClFN4OS. The zero-order chi connectivity index (χ0) is 17.8. The van der Waals surface area contributed by atoms with Crippen LogP contribution in [0.4, 0.5) is 4.39 Å². The quantitative estimate of drug-likeness (QED) is 0.668. The molecule has 0 aliphatic heterocycles. The molecule has 8 heteroatoms. The summed E-state index contributed by atoms with van der Waals surface area (Å²) in [7, 11) is 1.57. The molecule has 0 fully saturated rings. The van der Waals surface area contributed by atoms with Gasteiger partial charge in [-0.15, -0.1) is 5.10 Å². The van der Waals surface area contributed by atoms with Gasteiger partial charge < -0.3 is 4.74 Å². The van der Waals surface area contributed by atoms with E-state index in [4.69, 9.17) is 21.6 Å². The van der Waals surface area contributed by atoms with Crippen LogP contribution in [0.15, 0.2) is 41.6 Å². The number of nitrogens with one attached hydrogen (secondary N) is 1. The van der Waals surface area contributed by atoms with Crippen molar-refractivity contribution < 1.29 is 9.13 Å². The van der Waals surface area contributed by atoms with Crippen molar-refractivity contribution in [2.45, 2.75) is 10.9 Å². The van der Waals surface area contributed by atoms with Crippen molar-refractivity contribution in [3.63, 3.8) is 0 Å². The maximum atomic E-state index is 13.3. The SMILES string of the molecule is COc1ccc(Cl)cc1-c1nc(SCc2ccc(F)c(C#N)c2)n[nH]1. The number of halogens is 2. The number of hydrogen-bond donors (Lipinski definition) is 1. The second kappa shape index (κ2) is 7.55. The van der Waals surface area contributed by atoms with Crippen molar-refractivity contribution in [3.8, 4) is 23.2 Å². The standard InChI is InChI=1S/C17H12ClFN4OS/c1-24-15-5-3-12(18)7-13(15)16-21-17(23-22-16)25-9-10-2-4-14(19)11(6-10)8-20/h2-7H,9H2,1H3,(H,21,22,23). The Hall–Kier alpha value is -2.56. The lowest BCUT2D eigenvalue weighted by Crippen LogP contribution is -1.89. The van der Waals surface area contributed by atoms with E-state index in [9.17, 15) is 4.39 Å². The highest BCUT2D eigenvalue weighted by Gasteiger charge is 2.12. The summed E-state index contributed by atoms with van der Waals surface area (Å²) in [5.74, 6) is 1.16. The van der Waals surface area contributed by atoms with E-state index >= 15 is 0 Å². The Morgan fingerprint density at radius 2 is 2.16 bits per heavy atom. The monoisotopic (exact) mass is 374 g/mol. The number of nitrogens with zero attached hydrogens (tertiary/aromatic N) is 3. The largest absolute Gasteiger partial charge is 0.496 e. The van der Waals surface area contributed by atoms with Gasteiger partial charge in [0.05, 0.1) is 18.2 Å². The molecule has 1 aromatic heterocycles. The van der Waals surface area contributed by atoms with Crippen LogP contribution in [0.1, 0.15) is 11.1 Å². The highest BCUT2D eigenvalue weighted by Crippen LogP contribution is 2.31. The molecule has 0 atom stereocenters. The van der Waals surface area contributed by atoms with Crippen molar-refractivity contribution in [2.75, 3.05) is 7.11 Å². The fourth-order valence-electron chi connectivity index (χ4n) is 2.19. The molecule has 0 aliphatic carbocycles. The molecule has 5 nitrogen and oxygen atoms in total. The van der Waals surface area contributed by atoms with Crippen LogP contribution >= 0.6 is 23.4 Å². The highest BCUT2D eigenvalue weighted by molar-refractivity contribution is 7.98. The molecule has 0 saturated carbocycles. The second-order valence-corrected chi connectivity index (χ2v) is 6.40. The fourth-order valence-corrected chi connectivity index (χ4v) is 3.11. The first-order valence-corrected chi connectivity index (χ1v) is 8.54. The van der Waals surface area contributed by atoms with Crippen LogP contribution in [0.3, 0.4) is 0 Å². The topological polar surface area (TPSA) is 74.6 Å². The van der Waals surface area contributed by atoms with E-state index in [-0.39, 0.29) is 5.56 Å². The van der Waals surface area contributed by atoms with Crippen molar-refractivity contribution in [1.29, 1.82) is 5.26 Å². The van der Waals surface area contributed by atoms with Gasteiger partial charge in [0.25, 0.3) is 0 Å². The number of rotatable bonds is 5. The molecule has 126 valence electrons. The average molecular weight is 375 g/mol. The lowest BCUT2D eigenvalue weighted by molar-refractivity contribution is 0.416. The smallest absolute Gasteiger partial charge is 0.209 e. The van der Waals surface area contributed by atoms with Gasteiger partial charge in [0.15, 0.2) is 5.82 Å². The molecule has 0 aliphatic rings. The second-order valence-electron chi connectivity index (χ2n) is 5.03. The summed E-state index contributed by atoms with van der Waals surface area (Å²) in [6.45, 7) is 0. The zero-order valence-corrected chi connectivity index (χ0v) is 14.7. The third-order valence-electron chi connectivity index (χ3n) is 3.40. The number of nitriles is 1. The lowest BCUT2D eigenvalue weighted by atomic mass is 10.1. The van der Waals surface area contributed by atoms with E-state index in [0.717, 1.165) is 5.56 Å². The number of ether oxygens (including phenoxy) is 1. The van der Waals surface area contributed by atoms with Gasteiger partial charge in [-0.25, -0.2) is 9.37 Å². The van der Waals surface area contributed by atoms with Crippen molar-refractivity contribution in [1.82, 2.24) is 15.2 Å². The molecule has 25 heavy (non-hydrogen) atoms. The van der Waals surface area contributed by atoms with Crippen LogP contribution < -0.4 is 4.74 Å². The molecule has 2 aromatic carbocycles. The Bertz CT molecular complexity index is 954. The van der Waals surface area contributed by atoms with E-state index in [2.05, 4.69) is 15.2 Å².